The zero-order valence-corrected chi connectivity index (χ0v) is 13.0. The Bertz CT molecular complexity index is 639. The Morgan fingerprint density at radius 2 is 1.73 bits per heavy atom. The number of methoxy groups -OCH3 is 1. The topological polar surface area (TPSA) is 21.3 Å². The summed E-state index contributed by atoms with van der Waals surface area (Å²) < 4.78 is 5.84. The first-order chi connectivity index (χ1) is 10.9. The molecule has 4 rings (SSSR count). The van der Waals surface area contributed by atoms with Crippen LogP contribution in [0.15, 0.2) is 54.6 Å². The molecular weight excluding hydrogens is 270 g/mol. The fraction of sp³-hybridized carbons (Fsp3) is 0.400. The third-order valence-corrected chi connectivity index (χ3v) is 5.50. The van der Waals surface area contributed by atoms with E-state index in [1.807, 2.05) is 7.11 Å². The molecule has 0 aromatic heterocycles. The summed E-state index contributed by atoms with van der Waals surface area (Å²) in [6, 6.07) is 19.6. The van der Waals surface area contributed by atoms with E-state index in [2.05, 4.69) is 59.9 Å². The number of fused-ring (bicyclic) bond motifs is 3. The van der Waals surface area contributed by atoms with E-state index < -0.39 is 0 Å². The molecule has 2 heteroatoms. The minimum atomic E-state index is 0.179. The zero-order chi connectivity index (χ0) is 14.9. The van der Waals surface area contributed by atoms with Crippen LogP contribution in [0.4, 0.5) is 0 Å². The van der Waals surface area contributed by atoms with E-state index in [1.54, 1.807) is 11.1 Å². The highest BCUT2D eigenvalue weighted by molar-refractivity contribution is 5.42. The number of hydrogen-bond donors (Lipinski definition) is 1. The van der Waals surface area contributed by atoms with Crippen LogP contribution < -0.4 is 5.32 Å². The summed E-state index contributed by atoms with van der Waals surface area (Å²) in [5.41, 5.74) is 4.40. The standard InChI is InChI=1S/C20H23NO/c1-22-20(14-7-3-2-4-8-14)11-17-15-9-5-6-10-16(15)18-12-21-13-19(17)18/h2-10,17-21H,11-13H2,1H3. The number of ether oxygens (including phenoxy) is 1. The zero-order valence-electron chi connectivity index (χ0n) is 13.0. The van der Waals surface area contributed by atoms with E-state index in [4.69, 9.17) is 4.74 Å². The van der Waals surface area contributed by atoms with Gasteiger partial charge in [-0.25, -0.2) is 0 Å². The van der Waals surface area contributed by atoms with Gasteiger partial charge in [0.15, 0.2) is 0 Å². The fourth-order valence-electron chi connectivity index (χ4n) is 4.45. The lowest BCUT2D eigenvalue weighted by atomic mass is 9.84. The van der Waals surface area contributed by atoms with Crippen LogP contribution in [0.3, 0.4) is 0 Å². The summed E-state index contributed by atoms with van der Waals surface area (Å²) in [5, 5.41) is 3.59. The Kier molecular flexibility index (Phi) is 3.73. The second-order valence-corrected chi connectivity index (χ2v) is 6.53. The predicted molar refractivity (Wildman–Crippen MR) is 89.1 cm³/mol. The van der Waals surface area contributed by atoms with Crippen molar-refractivity contribution in [3.05, 3.63) is 71.3 Å². The minimum absolute atomic E-state index is 0.179. The maximum absolute atomic E-state index is 5.84. The molecule has 4 unspecified atom stereocenters. The lowest BCUT2D eigenvalue weighted by Gasteiger charge is -2.24. The molecule has 2 aromatic carbocycles. The predicted octanol–water partition coefficient (Wildman–Crippen LogP) is 3.86. The van der Waals surface area contributed by atoms with Gasteiger partial charge in [0.05, 0.1) is 6.10 Å². The van der Waals surface area contributed by atoms with Crippen molar-refractivity contribution in [3.63, 3.8) is 0 Å². The van der Waals surface area contributed by atoms with Gasteiger partial charge in [-0.15, -0.1) is 0 Å². The van der Waals surface area contributed by atoms with Crippen molar-refractivity contribution in [2.24, 2.45) is 5.92 Å². The molecular formula is C20H23NO. The number of hydrogen-bond acceptors (Lipinski definition) is 2. The highest BCUT2D eigenvalue weighted by Crippen LogP contribution is 2.51. The normalized spacial score (nSPS) is 27.4. The monoisotopic (exact) mass is 293 g/mol. The quantitative estimate of drug-likeness (QED) is 0.924. The van der Waals surface area contributed by atoms with Crippen LogP contribution in [-0.4, -0.2) is 20.2 Å². The average molecular weight is 293 g/mol. The van der Waals surface area contributed by atoms with Gasteiger partial charge in [0.25, 0.3) is 0 Å². The van der Waals surface area contributed by atoms with Gasteiger partial charge in [0.2, 0.25) is 0 Å². The molecule has 2 nitrogen and oxygen atoms in total. The average Bonchev–Trinajstić information content (AvgIpc) is 3.15. The van der Waals surface area contributed by atoms with Gasteiger partial charge in [-0.2, -0.15) is 0 Å². The highest BCUT2D eigenvalue weighted by atomic mass is 16.5. The summed E-state index contributed by atoms with van der Waals surface area (Å²) in [7, 11) is 1.84. The van der Waals surface area contributed by atoms with Crippen LogP contribution in [0.1, 0.15) is 41.1 Å². The number of benzene rings is 2. The van der Waals surface area contributed by atoms with Gasteiger partial charge >= 0.3 is 0 Å². The van der Waals surface area contributed by atoms with Gasteiger partial charge in [-0.05, 0) is 41.5 Å². The highest BCUT2D eigenvalue weighted by Gasteiger charge is 2.43. The van der Waals surface area contributed by atoms with Gasteiger partial charge in [0.1, 0.15) is 0 Å². The summed E-state index contributed by atoms with van der Waals surface area (Å²) in [6.45, 7) is 2.26. The lowest BCUT2D eigenvalue weighted by molar-refractivity contribution is 0.0841. The van der Waals surface area contributed by atoms with Crippen molar-refractivity contribution in [2.75, 3.05) is 20.2 Å². The van der Waals surface area contributed by atoms with Gasteiger partial charge in [0, 0.05) is 19.6 Å². The first kappa shape index (κ1) is 14.0. The molecule has 1 fully saturated rings. The molecule has 22 heavy (non-hydrogen) atoms. The number of rotatable bonds is 4. The van der Waals surface area contributed by atoms with Crippen molar-refractivity contribution in [2.45, 2.75) is 24.4 Å². The van der Waals surface area contributed by atoms with Crippen LogP contribution in [-0.2, 0) is 4.74 Å². The van der Waals surface area contributed by atoms with Crippen LogP contribution in [0.5, 0.6) is 0 Å². The maximum atomic E-state index is 5.84. The Labute approximate surface area is 132 Å². The maximum Gasteiger partial charge on any atom is 0.0827 e. The van der Waals surface area contributed by atoms with Crippen LogP contribution in [0, 0.1) is 5.92 Å². The van der Waals surface area contributed by atoms with Crippen molar-refractivity contribution < 1.29 is 4.74 Å². The molecule has 1 saturated heterocycles. The Morgan fingerprint density at radius 3 is 2.50 bits per heavy atom. The second kappa shape index (κ2) is 5.86. The van der Waals surface area contributed by atoms with E-state index in [0.29, 0.717) is 11.8 Å². The first-order valence-electron chi connectivity index (χ1n) is 8.25. The van der Waals surface area contributed by atoms with Crippen LogP contribution in [0.25, 0.3) is 0 Å². The third kappa shape index (κ3) is 2.27. The summed E-state index contributed by atoms with van der Waals surface area (Å²) >= 11 is 0. The summed E-state index contributed by atoms with van der Waals surface area (Å²) in [4.78, 5) is 0. The van der Waals surface area contributed by atoms with Crippen molar-refractivity contribution in [1.29, 1.82) is 0 Å². The third-order valence-electron chi connectivity index (χ3n) is 5.50. The van der Waals surface area contributed by atoms with E-state index in [1.165, 1.54) is 5.56 Å². The van der Waals surface area contributed by atoms with E-state index in [9.17, 15) is 0 Å². The molecule has 2 aliphatic rings. The molecule has 4 atom stereocenters. The fourth-order valence-corrected chi connectivity index (χ4v) is 4.45. The Balaban J connectivity index is 1.64. The van der Waals surface area contributed by atoms with Gasteiger partial charge < -0.3 is 10.1 Å². The number of nitrogens with one attached hydrogen (secondary N) is 1. The van der Waals surface area contributed by atoms with Crippen molar-refractivity contribution in [3.8, 4) is 0 Å². The molecule has 0 amide bonds. The molecule has 114 valence electrons. The molecule has 1 aliphatic carbocycles. The molecule has 1 N–H and O–H groups in total. The Hall–Kier alpha value is -1.64. The summed E-state index contributed by atoms with van der Waals surface area (Å²) in [6.07, 6.45) is 1.25. The SMILES string of the molecule is COC(CC1c2ccccc2C2CNCC21)c1ccccc1. The second-order valence-electron chi connectivity index (χ2n) is 6.53. The molecule has 1 aliphatic heterocycles. The molecule has 0 spiro atoms. The van der Waals surface area contributed by atoms with Crippen molar-refractivity contribution >= 4 is 0 Å². The molecule has 2 aromatic rings. The van der Waals surface area contributed by atoms with E-state index >= 15 is 0 Å². The molecule has 0 bridgehead atoms. The first-order valence-corrected chi connectivity index (χ1v) is 8.25. The summed E-state index contributed by atoms with van der Waals surface area (Å²) in [5.74, 6) is 2.01. The van der Waals surface area contributed by atoms with E-state index in [0.717, 1.165) is 25.4 Å². The van der Waals surface area contributed by atoms with Gasteiger partial charge in [-0.1, -0.05) is 54.6 Å². The van der Waals surface area contributed by atoms with Crippen molar-refractivity contribution in [1.82, 2.24) is 5.32 Å². The van der Waals surface area contributed by atoms with Crippen LogP contribution >= 0.6 is 0 Å². The largest absolute Gasteiger partial charge is 0.377 e. The lowest BCUT2D eigenvalue weighted by Crippen LogP contribution is -2.17. The molecule has 0 radical (unpaired) electrons. The molecule has 0 saturated carbocycles. The van der Waals surface area contributed by atoms with Gasteiger partial charge in [-0.3, -0.25) is 0 Å². The smallest absolute Gasteiger partial charge is 0.0827 e. The molecule has 1 heterocycles. The minimum Gasteiger partial charge on any atom is -0.377 e. The van der Waals surface area contributed by atoms with Crippen LogP contribution in [0.2, 0.25) is 0 Å². The Morgan fingerprint density at radius 1 is 1.00 bits per heavy atom. The van der Waals surface area contributed by atoms with E-state index in [-0.39, 0.29) is 6.10 Å².